The van der Waals surface area contributed by atoms with Gasteiger partial charge >= 0.3 is 0 Å². The number of nitrogens with zero attached hydrogens (tertiary/aromatic N) is 2. The fourth-order valence-corrected chi connectivity index (χ4v) is 1.65. The Hall–Kier alpha value is -2.43. The summed E-state index contributed by atoms with van der Waals surface area (Å²) in [5.41, 5.74) is 0.701. The molecule has 1 amide bonds. The molecule has 0 aliphatic rings. The summed E-state index contributed by atoms with van der Waals surface area (Å²) in [6.45, 7) is 2.42. The van der Waals surface area contributed by atoms with E-state index in [1.807, 2.05) is 37.3 Å². The summed E-state index contributed by atoms with van der Waals surface area (Å²) in [7, 11) is 0. The molecule has 0 saturated heterocycles. The predicted molar refractivity (Wildman–Crippen MR) is 68.7 cm³/mol. The van der Waals surface area contributed by atoms with E-state index in [4.69, 9.17) is 0 Å². The van der Waals surface area contributed by atoms with Gasteiger partial charge in [-0.1, -0.05) is 18.2 Å². The molecule has 5 nitrogen and oxygen atoms in total. The van der Waals surface area contributed by atoms with Gasteiger partial charge in [0.15, 0.2) is 0 Å². The lowest BCUT2D eigenvalue weighted by Crippen LogP contribution is -2.32. The topological polar surface area (TPSA) is 66.1 Å². The molecule has 1 heterocycles. The third-order valence-corrected chi connectivity index (χ3v) is 2.53. The van der Waals surface area contributed by atoms with Gasteiger partial charge in [0.1, 0.15) is 5.69 Å². The van der Waals surface area contributed by atoms with Crippen LogP contribution in [0.3, 0.4) is 0 Å². The van der Waals surface area contributed by atoms with E-state index in [0.717, 1.165) is 5.69 Å². The summed E-state index contributed by atoms with van der Waals surface area (Å²) >= 11 is 0. The Bertz CT molecular complexity index is 572. The number of carbonyl (C=O) groups is 1. The second kappa shape index (κ2) is 5.27. The number of nitrogens with one attached hydrogen (secondary N) is 1. The van der Waals surface area contributed by atoms with Gasteiger partial charge in [0.2, 0.25) is 0 Å². The third-order valence-electron chi connectivity index (χ3n) is 2.53. The molecule has 1 aromatic heterocycles. The van der Waals surface area contributed by atoms with E-state index in [-0.39, 0.29) is 17.2 Å². The zero-order valence-electron chi connectivity index (χ0n) is 9.96. The minimum atomic E-state index is -0.325. The van der Waals surface area contributed by atoms with Crippen molar-refractivity contribution in [2.24, 2.45) is 0 Å². The number of benzene rings is 1. The first-order valence-electron chi connectivity index (χ1n) is 5.65. The van der Waals surface area contributed by atoms with Crippen LogP contribution >= 0.6 is 0 Å². The zero-order chi connectivity index (χ0) is 13.0. The van der Waals surface area contributed by atoms with Crippen molar-refractivity contribution in [3.05, 3.63) is 58.5 Å². The number of hydrogen-bond donors (Lipinski definition) is 1. The number of hydrogen-bond acceptors (Lipinski definition) is 3. The van der Waals surface area contributed by atoms with Crippen molar-refractivity contribution in [3.8, 4) is 0 Å². The van der Waals surface area contributed by atoms with Crippen LogP contribution in [-0.4, -0.2) is 22.6 Å². The summed E-state index contributed by atoms with van der Waals surface area (Å²) in [5, 5.41) is 6.00. The van der Waals surface area contributed by atoms with E-state index in [0.29, 0.717) is 6.54 Å². The average molecular weight is 243 g/mol. The van der Waals surface area contributed by atoms with Crippen molar-refractivity contribution in [2.45, 2.75) is 6.92 Å². The molecule has 5 heteroatoms. The highest BCUT2D eigenvalue weighted by molar-refractivity contribution is 6.04. The van der Waals surface area contributed by atoms with Gasteiger partial charge in [-0.3, -0.25) is 9.59 Å². The van der Waals surface area contributed by atoms with Crippen LogP contribution in [0.25, 0.3) is 0 Å². The summed E-state index contributed by atoms with van der Waals surface area (Å²) in [5.74, 6) is -0.236. The van der Waals surface area contributed by atoms with Gasteiger partial charge in [-0.2, -0.15) is 5.10 Å². The highest BCUT2D eigenvalue weighted by atomic mass is 16.2. The monoisotopic (exact) mass is 243 g/mol. The fourth-order valence-electron chi connectivity index (χ4n) is 1.65. The second-order valence-corrected chi connectivity index (χ2v) is 3.69. The molecule has 2 rings (SSSR count). The van der Waals surface area contributed by atoms with Crippen LogP contribution in [0.2, 0.25) is 0 Å². The molecule has 18 heavy (non-hydrogen) atoms. The zero-order valence-corrected chi connectivity index (χ0v) is 9.96. The van der Waals surface area contributed by atoms with Crippen molar-refractivity contribution in [3.63, 3.8) is 0 Å². The smallest absolute Gasteiger partial charge is 0.278 e. The highest BCUT2D eigenvalue weighted by Crippen LogP contribution is 2.14. The van der Waals surface area contributed by atoms with Gasteiger partial charge in [0.05, 0.1) is 0 Å². The van der Waals surface area contributed by atoms with E-state index in [9.17, 15) is 9.59 Å². The molecule has 0 unspecified atom stereocenters. The molecule has 0 fully saturated rings. The van der Waals surface area contributed by atoms with E-state index in [1.54, 1.807) is 4.90 Å². The maximum Gasteiger partial charge on any atom is 0.278 e. The SMILES string of the molecule is CCN(C(=O)c1ccc(=O)[nH]n1)c1ccccc1. The number of aromatic nitrogens is 2. The summed E-state index contributed by atoms with van der Waals surface area (Å²) < 4.78 is 0. The number of para-hydroxylation sites is 1. The van der Waals surface area contributed by atoms with Crippen molar-refractivity contribution >= 4 is 11.6 Å². The van der Waals surface area contributed by atoms with Crippen LogP contribution in [0.1, 0.15) is 17.4 Å². The summed E-state index contributed by atoms with van der Waals surface area (Å²) in [4.78, 5) is 24.7. The Balaban J connectivity index is 2.31. The van der Waals surface area contributed by atoms with E-state index in [2.05, 4.69) is 10.2 Å². The standard InChI is InChI=1S/C13H13N3O2/c1-2-16(10-6-4-3-5-7-10)13(18)11-8-9-12(17)15-14-11/h3-9H,2H2,1H3,(H,15,17). The summed E-state index contributed by atoms with van der Waals surface area (Å²) in [6, 6.07) is 12.0. The predicted octanol–water partition coefficient (Wildman–Crippen LogP) is 1.44. The lowest BCUT2D eigenvalue weighted by molar-refractivity contribution is 0.0982. The van der Waals surface area contributed by atoms with E-state index in [1.165, 1.54) is 12.1 Å². The van der Waals surface area contributed by atoms with Crippen molar-refractivity contribution in [1.82, 2.24) is 10.2 Å². The molecular weight excluding hydrogens is 230 g/mol. The number of anilines is 1. The lowest BCUT2D eigenvalue weighted by atomic mass is 10.2. The molecule has 0 aliphatic heterocycles. The van der Waals surface area contributed by atoms with Crippen LogP contribution in [0.5, 0.6) is 0 Å². The number of H-pyrrole nitrogens is 1. The Morgan fingerprint density at radius 1 is 1.22 bits per heavy atom. The van der Waals surface area contributed by atoms with Crippen molar-refractivity contribution in [2.75, 3.05) is 11.4 Å². The highest BCUT2D eigenvalue weighted by Gasteiger charge is 2.16. The first kappa shape index (κ1) is 12.0. The molecule has 0 radical (unpaired) electrons. The van der Waals surface area contributed by atoms with Gasteiger partial charge in [-0.15, -0.1) is 0 Å². The summed E-state index contributed by atoms with van der Waals surface area (Å²) in [6.07, 6.45) is 0. The van der Waals surface area contributed by atoms with Crippen LogP contribution in [0, 0.1) is 0 Å². The minimum absolute atomic E-state index is 0.223. The van der Waals surface area contributed by atoms with Gasteiger partial charge in [0, 0.05) is 18.3 Å². The first-order valence-corrected chi connectivity index (χ1v) is 5.65. The third kappa shape index (κ3) is 2.45. The molecule has 0 spiro atoms. The largest absolute Gasteiger partial charge is 0.307 e. The van der Waals surface area contributed by atoms with Crippen molar-refractivity contribution in [1.29, 1.82) is 0 Å². The Morgan fingerprint density at radius 2 is 1.94 bits per heavy atom. The van der Waals surface area contributed by atoms with Crippen LogP contribution in [-0.2, 0) is 0 Å². The van der Waals surface area contributed by atoms with Gasteiger partial charge < -0.3 is 4.90 Å². The van der Waals surface area contributed by atoms with Gasteiger partial charge in [-0.05, 0) is 25.1 Å². The van der Waals surface area contributed by atoms with Crippen LogP contribution in [0.4, 0.5) is 5.69 Å². The molecule has 0 saturated carbocycles. The molecule has 0 atom stereocenters. The molecule has 0 aliphatic carbocycles. The number of carbonyl (C=O) groups excluding carboxylic acids is 1. The average Bonchev–Trinajstić information content (AvgIpc) is 2.41. The van der Waals surface area contributed by atoms with Gasteiger partial charge in [-0.25, -0.2) is 5.10 Å². The number of aromatic amines is 1. The van der Waals surface area contributed by atoms with Crippen molar-refractivity contribution < 1.29 is 4.79 Å². The maximum absolute atomic E-state index is 12.2. The molecule has 1 aromatic carbocycles. The second-order valence-electron chi connectivity index (χ2n) is 3.69. The Morgan fingerprint density at radius 3 is 2.50 bits per heavy atom. The molecular formula is C13H13N3O2. The Kier molecular flexibility index (Phi) is 3.52. The molecule has 1 N–H and O–H groups in total. The number of amides is 1. The normalized spacial score (nSPS) is 10.1. The van der Waals surface area contributed by atoms with E-state index < -0.39 is 0 Å². The quantitative estimate of drug-likeness (QED) is 0.887. The minimum Gasteiger partial charge on any atom is -0.307 e. The van der Waals surface area contributed by atoms with E-state index >= 15 is 0 Å². The molecule has 0 bridgehead atoms. The Labute approximate surface area is 104 Å². The van der Waals surface area contributed by atoms with Crippen LogP contribution in [0.15, 0.2) is 47.3 Å². The van der Waals surface area contributed by atoms with Gasteiger partial charge in [0.25, 0.3) is 11.5 Å². The fraction of sp³-hybridized carbons (Fsp3) is 0.154. The lowest BCUT2D eigenvalue weighted by Gasteiger charge is -2.20. The van der Waals surface area contributed by atoms with Crippen LogP contribution < -0.4 is 10.5 Å². The molecule has 2 aromatic rings. The molecule has 92 valence electrons. The maximum atomic E-state index is 12.2. The number of rotatable bonds is 3. The first-order chi connectivity index (χ1) is 8.72.